The lowest BCUT2D eigenvalue weighted by Gasteiger charge is -2.23. The van der Waals surface area contributed by atoms with E-state index in [0.29, 0.717) is 0 Å². The molecule has 0 aliphatic rings. The van der Waals surface area contributed by atoms with Gasteiger partial charge < -0.3 is 11.1 Å². The molecule has 3 nitrogen and oxygen atoms in total. The van der Waals surface area contributed by atoms with Gasteiger partial charge in [0.25, 0.3) is 0 Å². The highest BCUT2D eigenvalue weighted by atomic mass is 32.2. The first-order valence-corrected chi connectivity index (χ1v) is 7.77. The van der Waals surface area contributed by atoms with E-state index < -0.39 is 0 Å². The van der Waals surface area contributed by atoms with Crippen LogP contribution in [0.4, 0.5) is 5.69 Å². The standard InChI is InChI=1S/C15H24N2OS/c1-12(16)9-10-19-11-15(2,3)14(18)17-13-7-5-4-6-8-13/h4-8,12H,9-11,16H2,1-3H3,(H,17,18). The Morgan fingerprint density at radius 2 is 2.00 bits per heavy atom. The third-order valence-electron chi connectivity index (χ3n) is 2.83. The summed E-state index contributed by atoms with van der Waals surface area (Å²) in [6.07, 6.45) is 0.987. The molecule has 4 heteroatoms. The zero-order valence-electron chi connectivity index (χ0n) is 12.0. The quantitative estimate of drug-likeness (QED) is 0.755. The summed E-state index contributed by atoms with van der Waals surface area (Å²) in [5, 5.41) is 2.95. The van der Waals surface area contributed by atoms with Gasteiger partial charge in [-0.2, -0.15) is 11.8 Å². The Balaban J connectivity index is 2.41. The Hall–Kier alpha value is -1.00. The van der Waals surface area contributed by atoms with Crippen molar-refractivity contribution in [2.24, 2.45) is 11.1 Å². The molecule has 1 atom stereocenters. The highest BCUT2D eigenvalue weighted by Crippen LogP contribution is 2.24. The maximum atomic E-state index is 12.2. The summed E-state index contributed by atoms with van der Waals surface area (Å²) in [4.78, 5) is 12.2. The van der Waals surface area contributed by atoms with Gasteiger partial charge in [-0.15, -0.1) is 0 Å². The number of nitrogens with two attached hydrogens (primary N) is 1. The smallest absolute Gasteiger partial charge is 0.230 e. The second kappa shape index (κ2) is 7.56. The minimum atomic E-state index is -0.377. The molecule has 0 saturated carbocycles. The van der Waals surface area contributed by atoms with Gasteiger partial charge >= 0.3 is 0 Å². The van der Waals surface area contributed by atoms with Crippen LogP contribution in [-0.4, -0.2) is 23.5 Å². The Morgan fingerprint density at radius 3 is 2.58 bits per heavy atom. The average Bonchev–Trinajstić information content (AvgIpc) is 2.35. The molecule has 0 heterocycles. The van der Waals surface area contributed by atoms with E-state index >= 15 is 0 Å². The van der Waals surface area contributed by atoms with Gasteiger partial charge in [-0.3, -0.25) is 4.79 Å². The lowest BCUT2D eigenvalue weighted by atomic mass is 9.95. The first-order chi connectivity index (χ1) is 8.92. The number of nitrogens with one attached hydrogen (secondary N) is 1. The zero-order valence-corrected chi connectivity index (χ0v) is 12.8. The van der Waals surface area contributed by atoms with E-state index in [1.165, 1.54) is 0 Å². The largest absolute Gasteiger partial charge is 0.328 e. The van der Waals surface area contributed by atoms with Gasteiger partial charge in [-0.25, -0.2) is 0 Å². The van der Waals surface area contributed by atoms with Crippen LogP contribution >= 0.6 is 11.8 Å². The minimum absolute atomic E-state index is 0.0620. The van der Waals surface area contributed by atoms with Crippen LogP contribution in [0.25, 0.3) is 0 Å². The normalized spacial score (nSPS) is 13.1. The average molecular weight is 280 g/mol. The molecule has 1 aromatic carbocycles. The number of rotatable bonds is 7. The van der Waals surface area contributed by atoms with Crippen molar-refractivity contribution in [1.29, 1.82) is 0 Å². The molecule has 106 valence electrons. The molecule has 1 aromatic rings. The predicted molar refractivity (Wildman–Crippen MR) is 84.4 cm³/mol. The van der Waals surface area contributed by atoms with Gasteiger partial charge in [0.1, 0.15) is 0 Å². The fraction of sp³-hybridized carbons (Fsp3) is 0.533. The maximum Gasteiger partial charge on any atom is 0.230 e. The highest BCUT2D eigenvalue weighted by Gasteiger charge is 2.27. The molecule has 1 rings (SSSR count). The molecule has 3 N–H and O–H groups in total. The molecule has 1 amide bonds. The van der Waals surface area contributed by atoms with Crippen LogP contribution in [0.5, 0.6) is 0 Å². The predicted octanol–water partition coefficient (Wildman–Crippen LogP) is 3.12. The Kier molecular flexibility index (Phi) is 6.38. The number of carbonyl (C=O) groups excluding carboxylic acids is 1. The minimum Gasteiger partial charge on any atom is -0.328 e. The molecule has 0 saturated heterocycles. The molecular weight excluding hydrogens is 256 g/mol. The van der Waals surface area contributed by atoms with Crippen molar-refractivity contribution >= 4 is 23.4 Å². The van der Waals surface area contributed by atoms with Crippen molar-refractivity contribution < 1.29 is 4.79 Å². The summed E-state index contributed by atoms with van der Waals surface area (Å²) in [7, 11) is 0. The third-order valence-corrected chi connectivity index (χ3v) is 4.28. The lowest BCUT2D eigenvalue weighted by Crippen LogP contribution is -2.33. The summed E-state index contributed by atoms with van der Waals surface area (Å²) >= 11 is 1.79. The van der Waals surface area contributed by atoms with E-state index in [0.717, 1.165) is 23.6 Å². The maximum absolute atomic E-state index is 12.2. The van der Waals surface area contributed by atoms with E-state index in [2.05, 4.69) is 5.32 Å². The van der Waals surface area contributed by atoms with Gasteiger partial charge in [-0.1, -0.05) is 32.0 Å². The summed E-state index contributed by atoms with van der Waals surface area (Å²) in [6, 6.07) is 9.80. The van der Waals surface area contributed by atoms with Crippen molar-refractivity contribution in [3.63, 3.8) is 0 Å². The van der Waals surface area contributed by atoms with Crippen LogP contribution in [0, 0.1) is 5.41 Å². The number of para-hydroxylation sites is 1. The summed E-state index contributed by atoms with van der Waals surface area (Å²) in [5.41, 5.74) is 6.18. The van der Waals surface area contributed by atoms with Crippen LogP contribution in [0.3, 0.4) is 0 Å². The van der Waals surface area contributed by atoms with Crippen LogP contribution in [-0.2, 0) is 4.79 Å². The first kappa shape index (κ1) is 16.1. The number of anilines is 1. The number of carbonyl (C=O) groups is 1. The van der Waals surface area contributed by atoms with Crippen molar-refractivity contribution in [2.75, 3.05) is 16.8 Å². The molecule has 0 fully saturated rings. The molecule has 0 bridgehead atoms. The number of hydrogen-bond acceptors (Lipinski definition) is 3. The number of benzene rings is 1. The SMILES string of the molecule is CC(N)CCSCC(C)(C)C(=O)Nc1ccccc1. The van der Waals surface area contributed by atoms with E-state index in [-0.39, 0.29) is 17.4 Å². The number of thioether (sulfide) groups is 1. The fourth-order valence-electron chi connectivity index (χ4n) is 1.48. The summed E-state index contributed by atoms with van der Waals surface area (Å²) < 4.78 is 0. The Morgan fingerprint density at radius 1 is 1.37 bits per heavy atom. The number of amides is 1. The number of hydrogen-bond donors (Lipinski definition) is 2. The van der Waals surface area contributed by atoms with Gasteiger partial charge in [-0.05, 0) is 31.2 Å². The fourth-order valence-corrected chi connectivity index (χ4v) is 2.81. The van der Waals surface area contributed by atoms with E-state index in [1.807, 2.05) is 51.1 Å². The molecule has 0 aromatic heterocycles. The van der Waals surface area contributed by atoms with Gasteiger partial charge in [0.2, 0.25) is 5.91 Å². The summed E-state index contributed by atoms with van der Waals surface area (Å²) in [5.74, 6) is 1.87. The summed E-state index contributed by atoms with van der Waals surface area (Å²) in [6.45, 7) is 5.96. The second-order valence-electron chi connectivity index (χ2n) is 5.52. The Bertz CT molecular complexity index is 390. The third kappa shape index (κ3) is 6.12. The van der Waals surface area contributed by atoms with E-state index in [1.54, 1.807) is 11.8 Å². The topological polar surface area (TPSA) is 55.1 Å². The molecule has 0 aliphatic heterocycles. The monoisotopic (exact) mass is 280 g/mol. The van der Waals surface area contributed by atoms with Crippen molar-refractivity contribution in [3.05, 3.63) is 30.3 Å². The van der Waals surface area contributed by atoms with E-state index in [4.69, 9.17) is 5.73 Å². The Labute approximate surface area is 120 Å². The van der Waals surface area contributed by atoms with Crippen molar-refractivity contribution in [1.82, 2.24) is 0 Å². The molecule has 0 aliphatic carbocycles. The first-order valence-electron chi connectivity index (χ1n) is 6.61. The molecule has 1 unspecified atom stereocenters. The van der Waals surface area contributed by atoms with Gasteiger partial charge in [0.15, 0.2) is 0 Å². The van der Waals surface area contributed by atoms with Gasteiger partial charge in [0, 0.05) is 17.5 Å². The molecule has 19 heavy (non-hydrogen) atoms. The lowest BCUT2D eigenvalue weighted by molar-refractivity contribution is -0.122. The zero-order chi connectivity index (χ0) is 14.3. The second-order valence-corrected chi connectivity index (χ2v) is 6.63. The van der Waals surface area contributed by atoms with E-state index in [9.17, 15) is 4.79 Å². The van der Waals surface area contributed by atoms with Crippen molar-refractivity contribution in [3.8, 4) is 0 Å². The van der Waals surface area contributed by atoms with Crippen molar-refractivity contribution in [2.45, 2.75) is 33.2 Å². The van der Waals surface area contributed by atoms with Gasteiger partial charge in [0.05, 0.1) is 5.41 Å². The molecule has 0 radical (unpaired) electrons. The van der Waals surface area contributed by atoms with Crippen LogP contribution < -0.4 is 11.1 Å². The van der Waals surface area contributed by atoms with Crippen LogP contribution in [0.2, 0.25) is 0 Å². The highest BCUT2D eigenvalue weighted by molar-refractivity contribution is 7.99. The molecular formula is C15H24N2OS. The van der Waals surface area contributed by atoms with Crippen LogP contribution in [0.15, 0.2) is 30.3 Å². The molecule has 0 spiro atoms. The van der Waals surface area contributed by atoms with Crippen LogP contribution in [0.1, 0.15) is 27.2 Å².